The summed E-state index contributed by atoms with van der Waals surface area (Å²) in [5.41, 5.74) is 6.03. The molecule has 1 aliphatic carbocycles. The van der Waals surface area contributed by atoms with E-state index in [0.717, 1.165) is 42.2 Å². The number of anilines is 1. The fourth-order valence-electron chi connectivity index (χ4n) is 5.89. The Hall–Kier alpha value is -2.67. The number of allylic oxidation sites excluding steroid dienone is 2. The van der Waals surface area contributed by atoms with Gasteiger partial charge in [0, 0.05) is 11.1 Å². The summed E-state index contributed by atoms with van der Waals surface area (Å²) in [7, 11) is -3.74. The maximum absolute atomic E-state index is 15.5. The fourth-order valence-corrected chi connectivity index (χ4v) is 7.17. The molecule has 0 saturated heterocycles. The van der Waals surface area contributed by atoms with E-state index < -0.39 is 27.9 Å². The first-order valence-electron chi connectivity index (χ1n) is 12.1. The van der Waals surface area contributed by atoms with Crippen LogP contribution in [-0.2, 0) is 21.2 Å². The second-order valence-electron chi connectivity index (χ2n) is 10.7. The van der Waals surface area contributed by atoms with Gasteiger partial charge in [-0.1, -0.05) is 39.0 Å². The number of aliphatic carboxylic acids is 1. The SMILES string of the molecule is CCC1c2cccc(F)c2-c2c(C)c(C3=CCC(C)(C)CC3)c(CC(=O)O)c(C)c2N1S(C)(=O)=O. The van der Waals surface area contributed by atoms with Crippen molar-refractivity contribution < 1.29 is 22.7 Å². The van der Waals surface area contributed by atoms with Gasteiger partial charge in [-0.25, -0.2) is 12.8 Å². The van der Waals surface area contributed by atoms with Crippen molar-refractivity contribution in [1.82, 2.24) is 0 Å². The normalized spacial score (nSPS) is 19.1. The van der Waals surface area contributed by atoms with Crippen LogP contribution in [0, 0.1) is 25.1 Å². The number of sulfonamides is 1. The molecule has 0 spiro atoms. The Kier molecular flexibility index (Phi) is 6.37. The molecule has 1 atom stereocenters. The Morgan fingerprint density at radius 1 is 1.17 bits per heavy atom. The van der Waals surface area contributed by atoms with Crippen LogP contribution in [0.1, 0.15) is 80.3 Å². The number of nitrogens with zero attached hydrogens (tertiary/aromatic N) is 1. The van der Waals surface area contributed by atoms with Gasteiger partial charge in [-0.05, 0) is 84.4 Å². The first kappa shape index (κ1) is 25.4. The molecule has 1 N–H and O–H groups in total. The Balaban J connectivity index is 2.17. The van der Waals surface area contributed by atoms with Crippen molar-refractivity contribution in [2.75, 3.05) is 10.6 Å². The van der Waals surface area contributed by atoms with Gasteiger partial charge in [0.2, 0.25) is 10.0 Å². The van der Waals surface area contributed by atoms with Gasteiger partial charge >= 0.3 is 5.97 Å². The van der Waals surface area contributed by atoms with Gasteiger partial charge in [0.15, 0.2) is 0 Å². The molecule has 4 rings (SSSR count). The first-order valence-corrected chi connectivity index (χ1v) is 14.0. The van der Waals surface area contributed by atoms with Crippen molar-refractivity contribution in [2.24, 2.45) is 5.41 Å². The van der Waals surface area contributed by atoms with Gasteiger partial charge in [0.05, 0.1) is 24.4 Å². The number of hydrogen-bond donors (Lipinski definition) is 1. The van der Waals surface area contributed by atoms with Gasteiger partial charge in [0.25, 0.3) is 0 Å². The largest absolute Gasteiger partial charge is 0.481 e. The molecule has 0 saturated carbocycles. The third kappa shape index (κ3) is 4.28. The number of halogens is 1. The molecule has 0 amide bonds. The maximum atomic E-state index is 15.5. The Morgan fingerprint density at radius 2 is 1.86 bits per heavy atom. The van der Waals surface area contributed by atoms with Crippen LogP contribution in [0.5, 0.6) is 0 Å². The summed E-state index contributed by atoms with van der Waals surface area (Å²) < 4.78 is 43.2. The van der Waals surface area contributed by atoms with Crippen LogP contribution in [0.3, 0.4) is 0 Å². The maximum Gasteiger partial charge on any atom is 0.307 e. The van der Waals surface area contributed by atoms with Crippen molar-refractivity contribution in [3.8, 4) is 11.1 Å². The fraction of sp³-hybridized carbons (Fsp3) is 0.464. The molecule has 2 aromatic rings. The topological polar surface area (TPSA) is 74.7 Å². The van der Waals surface area contributed by atoms with Gasteiger partial charge in [-0.3, -0.25) is 9.10 Å². The number of hydrogen-bond acceptors (Lipinski definition) is 3. The highest BCUT2D eigenvalue weighted by Gasteiger charge is 2.40. The molecule has 5 nitrogen and oxygen atoms in total. The van der Waals surface area contributed by atoms with Gasteiger partial charge in [-0.15, -0.1) is 0 Å². The van der Waals surface area contributed by atoms with E-state index in [2.05, 4.69) is 19.9 Å². The molecule has 188 valence electrons. The minimum absolute atomic E-state index is 0.160. The summed E-state index contributed by atoms with van der Waals surface area (Å²) in [6.07, 6.45) is 6.18. The molecular weight excluding hydrogens is 465 g/mol. The highest BCUT2D eigenvalue weighted by atomic mass is 32.2. The van der Waals surface area contributed by atoms with Crippen LogP contribution in [0.4, 0.5) is 10.1 Å². The number of rotatable bonds is 5. The van der Waals surface area contributed by atoms with Crippen LogP contribution in [0.15, 0.2) is 24.3 Å². The zero-order valence-electron chi connectivity index (χ0n) is 21.3. The smallest absolute Gasteiger partial charge is 0.307 e. The monoisotopic (exact) mass is 499 g/mol. The van der Waals surface area contributed by atoms with Gasteiger partial charge < -0.3 is 5.11 Å². The second-order valence-corrected chi connectivity index (χ2v) is 12.5. The predicted molar refractivity (Wildman–Crippen MR) is 139 cm³/mol. The van der Waals surface area contributed by atoms with E-state index in [9.17, 15) is 18.3 Å². The molecule has 1 unspecified atom stereocenters. The lowest BCUT2D eigenvalue weighted by Crippen LogP contribution is -2.38. The number of fused-ring (bicyclic) bond motifs is 3. The molecule has 0 fully saturated rings. The zero-order valence-corrected chi connectivity index (χ0v) is 22.1. The van der Waals surface area contributed by atoms with Crippen LogP contribution >= 0.6 is 0 Å². The van der Waals surface area contributed by atoms with Crippen molar-refractivity contribution in [3.05, 3.63) is 57.9 Å². The summed E-state index contributed by atoms with van der Waals surface area (Å²) >= 11 is 0. The second kappa shape index (κ2) is 8.77. The molecule has 35 heavy (non-hydrogen) atoms. The average Bonchev–Trinajstić information content (AvgIpc) is 2.75. The van der Waals surface area contributed by atoms with E-state index in [0.29, 0.717) is 39.9 Å². The van der Waals surface area contributed by atoms with Gasteiger partial charge in [0.1, 0.15) is 5.82 Å². The predicted octanol–water partition coefficient (Wildman–Crippen LogP) is 6.56. The molecule has 7 heteroatoms. The number of benzene rings is 2. The summed E-state index contributed by atoms with van der Waals surface area (Å²) in [5.74, 6) is -1.38. The average molecular weight is 500 g/mol. The van der Waals surface area contributed by atoms with Crippen molar-refractivity contribution in [3.63, 3.8) is 0 Å². The molecular formula is C28H34FNO4S. The van der Waals surface area contributed by atoms with Gasteiger partial charge in [-0.2, -0.15) is 0 Å². The highest BCUT2D eigenvalue weighted by molar-refractivity contribution is 7.92. The van der Waals surface area contributed by atoms with E-state index in [4.69, 9.17) is 0 Å². The Bertz CT molecular complexity index is 1360. The van der Waals surface area contributed by atoms with Crippen molar-refractivity contribution in [2.45, 2.75) is 72.8 Å². The van der Waals surface area contributed by atoms with Crippen molar-refractivity contribution in [1.29, 1.82) is 0 Å². The summed E-state index contributed by atoms with van der Waals surface area (Å²) in [6, 6.07) is 4.26. The van der Waals surface area contributed by atoms with Crippen LogP contribution < -0.4 is 4.31 Å². The first-order chi connectivity index (χ1) is 16.3. The molecule has 0 radical (unpaired) electrons. The minimum atomic E-state index is -3.74. The lowest BCUT2D eigenvalue weighted by molar-refractivity contribution is -0.136. The quantitative estimate of drug-likeness (QED) is 0.505. The third-order valence-corrected chi connectivity index (χ3v) is 8.77. The summed E-state index contributed by atoms with van der Waals surface area (Å²) in [5, 5.41) is 9.81. The van der Waals surface area contributed by atoms with Crippen LogP contribution in [0.25, 0.3) is 16.7 Å². The third-order valence-electron chi connectivity index (χ3n) is 7.62. The molecule has 1 aliphatic heterocycles. The van der Waals surface area contributed by atoms with E-state index in [1.807, 2.05) is 13.8 Å². The zero-order chi connectivity index (χ0) is 25.9. The van der Waals surface area contributed by atoms with Crippen LogP contribution in [-0.4, -0.2) is 25.7 Å². The van der Waals surface area contributed by atoms with Crippen LogP contribution in [0.2, 0.25) is 0 Å². The number of carboxylic acid groups (broad SMARTS) is 1. The Labute approximate surface area is 207 Å². The van der Waals surface area contributed by atoms with E-state index in [1.165, 1.54) is 10.4 Å². The summed E-state index contributed by atoms with van der Waals surface area (Å²) in [6.45, 7) is 9.96. The Morgan fingerprint density at radius 3 is 2.40 bits per heavy atom. The lowest BCUT2D eigenvalue weighted by atomic mass is 9.73. The molecule has 2 aliphatic rings. The number of carbonyl (C=O) groups is 1. The van der Waals surface area contributed by atoms with E-state index in [-0.39, 0.29) is 11.8 Å². The standard InChI is InChI=1S/C28H34FNO4S/c1-7-22-19-9-8-10-21(29)26(19)25-17(3)24(18-11-13-28(4,5)14-12-18)20(15-23(31)32)16(2)27(25)30(22)35(6,33)34/h8-11,22H,7,12-15H2,1-6H3,(H,31,32). The summed E-state index contributed by atoms with van der Waals surface area (Å²) in [4.78, 5) is 12.0. The van der Waals surface area contributed by atoms with Crippen molar-refractivity contribution >= 4 is 27.3 Å². The molecule has 2 aromatic carbocycles. The van der Waals surface area contributed by atoms with E-state index in [1.54, 1.807) is 19.1 Å². The van der Waals surface area contributed by atoms with E-state index >= 15 is 4.39 Å². The molecule has 0 aromatic heterocycles. The number of carboxylic acids is 1. The minimum Gasteiger partial charge on any atom is -0.481 e. The molecule has 0 bridgehead atoms. The lowest BCUT2D eigenvalue weighted by Gasteiger charge is -2.41. The molecule has 1 heterocycles. The highest BCUT2D eigenvalue weighted by Crippen LogP contribution is 2.54.